The van der Waals surface area contributed by atoms with Crippen LogP contribution >= 0.6 is 15.9 Å². The van der Waals surface area contributed by atoms with Gasteiger partial charge in [0.25, 0.3) is 0 Å². The van der Waals surface area contributed by atoms with Gasteiger partial charge in [-0.3, -0.25) is 4.79 Å². The van der Waals surface area contributed by atoms with Crippen LogP contribution in [0.2, 0.25) is 0 Å². The maximum atomic E-state index is 10.6. The molecule has 0 radical (unpaired) electrons. The number of rotatable bonds is 16. The van der Waals surface area contributed by atoms with Crippen molar-refractivity contribution in [2.45, 2.75) is 108 Å². The van der Waals surface area contributed by atoms with Crippen molar-refractivity contribution < 1.29 is 9.90 Å². The molecule has 0 spiro atoms. The molecule has 0 bridgehead atoms. The van der Waals surface area contributed by atoms with Crippen molar-refractivity contribution in [3.8, 4) is 0 Å². The second kappa shape index (κ2) is 20.3. The molecule has 0 amide bonds. The van der Waals surface area contributed by atoms with Crippen molar-refractivity contribution in [1.29, 1.82) is 0 Å². The maximum absolute atomic E-state index is 10.6. The summed E-state index contributed by atoms with van der Waals surface area (Å²) in [5, 5.41) is 8.74. The summed E-state index contributed by atoms with van der Waals surface area (Å²) >= 11 is 3.18. The Bertz CT molecular complexity index is 237. The standard InChI is InChI=1S/C18H35BrO2.Ca.2H/c1-2-3-4-5-6-7-8-9-10-11-12-13-14-15-16-17(19)18(20)21;;;/h17H,2-16H2,1H3,(H,20,21);;;. The van der Waals surface area contributed by atoms with Crippen LogP contribution < -0.4 is 0 Å². The summed E-state index contributed by atoms with van der Waals surface area (Å²) in [6.07, 6.45) is 19.5. The van der Waals surface area contributed by atoms with Gasteiger partial charge >= 0.3 is 43.7 Å². The molecule has 0 aromatic carbocycles. The molecule has 0 aliphatic rings. The summed E-state index contributed by atoms with van der Waals surface area (Å²) in [5.41, 5.74) is 0. The van der Waals surface area contributed by atoms with Crippen LogP contribution in [-0.4, -0.2) is 53.6 Å². The summed E-state index contributed by atoms with van der Waals surface area (Å²) in [5.74, 6) is -0.732. The van der Waals surface area contributed by atoms with Gasteiger partial charge in [-0.2, -0.15) is 0 Å². The Labute approximate surface area is 176 Å². The van der Waals surface area contributed by atoms with E-state index >= 15 is 0 Å². The Hall–Kier alpha value is 1.21. The number of carboxylic acids is 1. The number of alkyl halides is 1. The molecule has 0 saturated carbocycles. The van der Waals surface area contributed by atoms with Crippen LogP contribution in [0.15, 0.2) is 0 Å². The Morgan fingerprint density at radius 1 is 0.773 bits per heavy atom. The first kappa shape index (κ1) is 25.4. The number of hydrogen-bond donors (Lipinski definition) is 1. The van der Waals surface area contributed by atoms with Gasteiger partial charge in [0.1, 0.15) is 4.83 Å². The zero-order valence-electron chi connectivity index (χ0n) is 13.9. The van der Waals surface area contributed by atoms with Crippen LogP contribution in [0.5, 0.6) is 0 Å². The normalized spacial score (nSPS) is 11.9. The van der Waals surface area contributed by atoms with Crippen molar-refractivity contribution in [3.05, 3.63) is 0 Å². The van der Waals surface area contributed by atoms with Crippen molar-refractivity contribution >= 4 is 59.6 Å². The van der Waals surface area contributed by atoms with Crippen LogP contribution in [-0.2, 0) is 4.79 Å². The van der Waals surface area contributed by atoms with Crippen molar-refractivity contribution in [2.24, 2.45) is 0 Å². The molecular weight excluding hydrogens is 368 g/mol. The minimum absolute atomic E-state index is 0. The van der Waals surface area contributed by atoms with Gasteiger partial charge in [0.05, 0.1) is 0 Å². The third-order valence-corrected chi connectivity index (χ3v) is 4.93. The molecule has 2 nitrogen and oxygen atoms in total. The van der Waals surface area contributed by atoms with E-state index in [1.807, 2.05) is 0 Å². The number of aliphatic carboxylic acids is 1. The Morgan fingerprint density at radius 2 is 1.09 bits per heavy atom. The Kier molecular flexibility index (Phi) is 23.4. The second-order valence-corrected chi connectivity index (χ2v) is 7.30. The zero-order chi connectivity index (χ0) is 15.8. The average molecular weight is 405 g/mol. The van der Waals surface area contributed by atoms with Crippen molar-refractivity contribution in [1.82, 2.24) is 0 Å². The summed E-state index contributed by atoms with van der Waals surface area (Å²) < 4.78 is 0. The number of halogens is 1. The number of carboxylic acid groups (broad SMARTS) is 1. The number of hydrogen-bond acceptors (Lipinski definition) is 1. The van der Waals surface area contributed by atoms with E-state index in [4.69, 9.17) is 5.11 Å². The predicted molar refractivity (Wildman–Crippen MR) is 104 cm³/mol. The quantitative estimate of drug-likeness (QED) is 0.200. The second-order valence-electron chi connectivity index (χ2n) is 6.19. The SMILES string of the molecule is CCCCCCCCCCCCCCCCC(Br)C(=O)O.[CaH2]. The van der Waals surface area contributed by atoms with Crippen LogP contribution in [0.1, 0.15) is 103 Å². The molecule has 22 heavy (non-hydrogen) atoms. The summed E-state index contributed by atoms with van der Waals surface area (Å²) in [7, 11) is 0. The van der Waals surface area contributed by atoms with Gasteiger partial charge in [0.15, 0.2) is 0 Å². The van der Waals surface area contributed by atoms with E-state index in [1.165, 1.54) is 83.5 Å². The van der Waals surface area contributed by atoms with Crippen LogP contribution in [0.25, 0.3) is 0 Å². The molecule has 0 saturated heterocycles. The van der Waals surface area contributed by atoms with E-state index in [2.05, 4.69) is 22.9 Å². The van der Waals surface area contributed by atoms with E-state index in [1.54, 1.807) is 0 Å². The monoisotopic (exact) mass is 404 g/mol. The Morgan fingerprint density at radius 3 is 1.41 bits per heavy atom. The summed E-state index contributed by atoms with van der Waals surface area (Å²) in [4.78, 5) is 10.3. The van der Waals surface area contributed by atoms with Gasteiger partial charge in [-0.15, -0.1) is 0 Å². The minimum atomic E-state index is -0.732. The third-order valence-electron chi connectivity index (χ3n) is 4.08. The molecule has 130 valence electrons. The van der Waals surface area contributed by atoms with Gasteiger partial charge in [-0.05, 0) is 6.42 Å². The molecule has 0 heterocycles. The number of carbonyl (C=O) groups is 1. The molecule has 0 aromatic rings. The van der Waals surface area contributed by atoms with Gasteiger partial charge < -0.3 is 5.11 Å². The first-order valence-corrected chi connectivity index (χ1v) is 9.97. The van der Waals surface area contributed by atoms with Gasteiger partial charge in [0, 0.05) is 0 Å². The fourth-order valence-corrected chi connectivity index (χ4v) is 2.97. The molecule has 0 aliphatic carbocycles. The van der Waals surface area contributed by atoms with Gasteiger partial charge in [-0.1, -0.05) is 113 Å². The van der Waals surface area contributed by atoms with E-state index in [0.29, 0.717) is 0 Å². The first-order chi connectivity index (χ1) is 10.2. The van der Waals surface area contributed by atoms with Crippen molar-refractivity contribution in [2.75, 3.05) is 0 Å². The van der Waals surface area contributed by atoms with Gasteiger partial charge in [0.2, 0.25) is 0 Å². The van der Waals surface area contributed by atoms with E-state index in [0.717, 1.165) is 12.8 Å². The van der Waals surface area contributed by atoms with Crippen LogP contribution in [0.4, 0.5) is 0 Å². The third kappa shape index (κ3) is 19.3. The molecule has 0 rings (SSSR count). The molecule has 0 aliphatic heterocycles. The molecule has 0 aromatic heterocycles. The topological polar surface area (TPSA) is 37.3 Å². The van der Waals surface area contributed by atoms with Crippen molar-refractivity contribution in [3.63, 3.8) is 0 Å². The average Bonchev–Trinajstić information content (AvgIpc) is 2.47. The molecule has 1 unspecified atom stereocenters. The van der Waals surface area contributed by atoms with Gasteiger partial charge in [-0.25, -0.2) is 0 Å². The zero-order valence-corrected chi connectivity index (χ0v) is 15.5. The van der Waals surface area contributed by atoms with E-state index < -0.39 is 5.97 Å². The fourth-order valence-electron chi connectivity index (χ4n) is 2.64. The van der Waals surface area contributed by atoms with E-state index in [-0.39, 0.29) is 42.6 Å². The van der Waals surface area contributed by atoms with Crippen LogP contribution in [0.3, 0.4) is 0 Å². The summed E-state index contributed by atoms with van der Waals surface area (Å²) in [6.45, 7) is 2.27. The fraction of sp³-hybridized carbons (Fsp3) is 0.944. The van der Waals surface area contributed by atoms with E-state index in [9.17, 15) is 4.79 Å². The molecule has 0 fully saturated rings. The molecule has 1 atom stereocenters. The Balaban J connectivity index is 0. The molecule has 4 heteroatoms. The molecular formula is C18H37BrCaO2. The first-order valence-electron chi connectivity index (χ1n) is 9.05. The predicted octanol–water partition coefficient (Wildman–Crippen LogP) is 5.79. The number of unbranched alkanes of at least 4 members (excludes halogenated alkanes) is 13. The molecule has 1 N–H and O–H groups in total. The van der Waals surface area contributed by atoms with Crippen LogP contribution in [0, 0.1) is 0 Å². The summed E-state index contributed by atoms with van der Waals surface area (Å²) in [6, 6.07) is 0.